The molecule has 3 aromatic rings. The van der Waals surface area contributed by atoms with Crippen LogP contribution in [0.2, 0.25) is 0 Å². The number of benzene rings is 1. The lowest BCUT2D eigenvalue weighted by Crippen LogP contribution is -2.34. The van der Waals surface area contributed by atoms with Gasteiger partial charge in [0.15, 0.2) is 5.82 Å². The van der Waals surface area contributed by atoms with Gasteiger partial charge in [0.05, 0.1) is 17.0 Å². The van der Waals surface area contributed by atoms with Crippen LogP contribution in [0.5, 0.6) is 0 Å². The van der Waals surface area contributed by atoms with Gasteiger partial charge in [0.2, 0.25) is 0 Å². The van der Waals surface area contributed by atoms with Crippen LogP contribution in [0.3, 0.4) is 0 Å². The van der Waals surface area contributed by atoms with Gasteiger partial charge in [-0.2, -0.15) is 5.10 Å². The first-order valence-corrected chi connectivity index (χ1v) is 11.3. The van der Waals surface area contributed by atoms with Gasteiger partial charge in [-0.05, 0) is 63.2 Å². The van der Waals surface area contributed by atoms with Crippen LogP contribution >= 0.6 is 0 Å². The molecular weight excluding hydrogens is 423 g/mol. The Hall–Kier alpha value is -3.46. The summed E-state index contributed by atoms with van der Waals surface area (Å²) in [5.41, 5.74) is 3.66. The van der Waals surface area contributed by atoms with E-state index in [1.165, 1.54) is 24.3 Å². The van der Waals surface area contributed by atoms with E-state index >= 15 is 0 Å². The fraction of sp³-hybridized carbons (Fsp3) is 0.375. The number of carbonyl (C=O) groups excluding carboxylic acids is 2. The van der Waals surface area contributed by atoms with Crippen molar-refractivity contribution in [1.82, 2.24) is 24.6 Å². The summed E-state index contributed by atoms with van der Waals surface area (Å²) in [4.78, 5) is 30.0. The lowest BCUT2D eigenvalue weighted by atomic mass is 10.1. The highest BCUT2D eigenvalue weighted by atomic mass is 19.1. The highest BCUT2D eigenvalue weighted by Gasteiger charge is 2.26. The summed E-state index contributed by atoms with van der Waals surface area (Å²) in [7, 11) is 2.08. The predicted molar refractivity (Wildman–Crippen MR) is 123 cm³/mol. The molecule has 9 heteroatoms. The number of rotatable bonds is 3. The average molecular weight is 451 g/mol. The van der Waals surface area contributed by atoms with Crippen molar-refractivity contribution in [2.75, 3.05) is 38.5 Å². The molecule has 0 atom stereocenters. The Kier molecular flexibility index (Phi) is 5.72. The first-order chi connectivity index (χ1) is 16.0. The van der Waals surface area contributed by atoms with Crippen molar-refractivity contribution in [3.63, 3.8) is 0 Å². The molecule has 0 unspecified atom stereocenters. The van der Waals surface area contributed by atoms with Crippen molar-refractivity contribution in [3.8, 4) is 11.4 Å². The summed E-state index contributed by atoms with van der Waals surface area (Å²) in [6.07, 6.45) is 4.50. The van der Waals surface area contributed by atoms with E-state index in [0.717, 1.165) is 68.9 Å². The summed E-state index contributed by atoms with van der Waals surface area (Å²) >= 11 is 0. The predicted octanol–water partition coefficient (Wildman–Crippen LogP) is 2.99. The summed E-state index contributed by atoms with van der Waals surface area (Å²) in [6.45, 7) is 4.14. The minimum absolute atomic E-state index is 0.0526. The number of aromatic nitrogens is 3. The molecular formula is C24H27FN6O2. The van der Waals surface area contributed by atoms with Crippen LogP contribution in [0.1, 0.15) is 39.1 Å². The normalized spacial score (nSPS) is 16.5. The van der Waals surface area contributed by atoms with Gasteiger partial charge >= 0.3 is 0 Å². The molecule has 8 nitrogen and oxygen atoms in total. The van der Waals surface area contributed by atoms with Crippen LogP contribution in [0.25, 0.3) is 11.4 Å². The van der Waals surface area contributed by atoms with E-state index in [-0.39, 0.29) is 11.8 Å². The van der Waals surface area contributed by atoms with Gasteiger partial charge in [-0.15, -0.1) is 0 Å². The van der Waals surface area contributed by atoms with Crippen molar-refractivity contribution in [1.29, 1.82) is 0 Å². The van der Waals surface area contributed by atoms with Gasteiger partial charge in [-0.3, -0.25) is 14.7 Å². The van der Waals surface area contributed by atoms with E-state index in [9.17, 15) is 14.0 Å². The van der Waals surface area contributed by atoms with Crippen molar-refractivity contribution in [3.05, 3.63) is 59.0 Å². The Morgan fingerprint density at radius 3 is 2.67 bits per heavy atom. The zero-order chi connectivity index (χ0) is 22.9. The number of aryl methyl sites for hydroxylation is 1. The van der Waals surface area contributed by atoms with Crippen LogP contribution < -0.4 is 5.32 Å². The molecule has 2 aliphatic heterocycles. The molecule has 2 aliphatic rings. The summed E-state index contributed by atoms with van der Waals surface area (Å²) < 4.78 is 15.3. The van der Waals surface area contributed by atoms with Crippen LogP contribution in [0.4, 0.5) is 10.2 Å². The second-order valence-corrected chi connectivity index (χ2v) is 8.75. The van der Waals surface area contributed by atoms with E-state index < -0.39 is 5.82 Å². The van der Waals surface area contributed by atoms with Gasteiger partial charge in [0.25, 0.3) is 11.8 Å². The van der Waals surface area contributed by atoms with E-state index in [4.69, 9.17) is 0 Å². The van der Waals surface area contributed by atoms with Crippen molar-refractivity contribution in [2.24, 2.45) is 0 Å². The third-order valence-electron chi connectivity index (χ3n) is 6.44. The molecule has 2 aromatic heterocycles. The first kappa shape index (κ1) is 21.4. The number of fused-ring (bicyclic) bond motifs is 3. The lowest BCUT2D eigenvalue weighted by molar-refractivity contribution is 0.0762. The Labute approximate surface area is 191 Å². The van der Waals surface area contributed by atoms with Crippen LogP contribution in [0.15, 0.2) is 36.5 Å². The van der Waals surface area contributed by atoms with Crippen molar-refractivity contribution < 1.29 is 14.0 Å². The number of nitrogens with zero attached hydrogens (tertiary/aromatic N) is 4. The molecule has 1 fully saturated rings. The first-order valence-electron chi connectivity index (χ1n) is 11.3. The van der Waals surface area contributed by atoms with Crippen LogP contribution in [-0.4, -0.2) is 69.6 Å². The molecule has 1 aromatic carbocycles. The van der Waals surface area contributed by atoms with Gasteiger partial charge in [-0.25, -0.2) is 4.39 Å². The maximum atomic E-state index is 13.2. The minimum atomic E-state index is -0.390. The van der Waals surface area contributed by atoms with E-state index in [0.29, 0.717) is 16.9 Å². The Bertz CT molecular complexity index is 1180. The molecule has 0 radical (unpaired) electrons. The van der Waals surface area contributed by atoms with E-state index in [2.05, 4.69) is 32.0 Å². The molecule has 2 N–H and O–H groups in total. The zero-order valence-electron chi connectivity index (χ0n) is 18.6. The third kappa shape index (κ3) is 4.28. The number of amides is 2. The van der Waals surface area contributed by atoms with Crippen molar-refractivity contribution in [2.45, 2.75) is 25.8 Å². The number of anilines is 1. The van der Waals surface area contributed by atoms with E-state index in [1.54, 1.807) is 0 Å². The summed E-state index contributed by atoms with van der Waals surface area (Å²) in [5, 5.41) is 10.2. The number of halogens is 1. The maximum Gasteiger partial charge on any atom is 0.256 e. The number of likely N-dealkylation sites (N-methyl/N-ethyl adjacent to an activating group) is 1. The Morgan fingerprint density at radius 2 is 1.85 bits per heavy atom. The van der Waals surface area contributed by atoms with Gasteiger partial charge in [0.1, 0.15) is 5.82 Å². The maximum absolute atomic E-state index is 13.2. The number of H-pyrrole nitrogens is 1. The zero-order valence-corrected chi connectivity index (χ0v) is 18.6. The molecule has 5 rings (SSSR count). The fourth-order valence-electron chi connectivity index (χ4n) is 4.59. The molecule has 0 bridgehead atoms. The second-order valence-electron chi connectivity index (χ2n) is 8.75. The molecule has 0 spiro atoms. The van der Waals surface area contributed by atoms with Crippen LogP contribution in [-0.2, 0) is 13.0 Å². The molecule has 172 valence electrons. The number of nitrogens with one attached hydrogen (secondary N) is 2. The van der Waals surface area contributed by atoms with Crippen LogP contribution in [0, 0.1) is 5.82 Å². The molecule has 1 saturated heterocycles. The van der Waals surface area contributed by atoms with E-state index in [1.807, 2.05) is 17.2 Å². The molecule has 0 aliphatic carbocycles. The monoisotopic (exact) mass is 450 g/mol. The second kappa shape index (κ2) is 8.82. The quantitative estimate of drug-likeness (QED) is 0.642. The average Bonchev–Trinajstić information content (AvgIpc) is 3.27. The number of hydrogen-bond acceptors (Lipinski definition) is 4. The topological polar surface area (TPSA) is 86.3 Å². The third-order valence-corrected chi connectivity index (χ3v) is 6.44. The number of carbonyl (C=O) groups is 2. The minimum Gasteiger partial charge on any atom is -0.345 e. The summed E-state index contributed by atoms with van der Waals surface area (Å²) in [6, 6.07) is 7.32. The lowest BCUT2D eigenvalue weighted by Gasteiger charge is -2.19. The van der Waals surface area contributed by atoms with Crippen molar-refractivity contribution >= 4 is 17.6 Å². The number of aromatic amines is 1. The van der Waals surface area contributed by atoms with Gasteiger partial charge in [-0.1, -0.05) is 0 Å². The largest absolute Gasteiger partial charge is 0.345 e. The smallest absolute Gasteiger partial charge is 0.256 e. The molecule has 0 saturated carbocycles. The summed E-state index contributed by atoms with van der Waals surface area (Å²) in [5.74, 6) is -0.210. The Balaban J connectivity index is 1.39. The highest BCUT2D eigenvalue weighted by molar-refractivity contribution is 6.04. The molecule has 2 amide bonds. The standard InChI is InChI=1S/C24H27FN6O2/c1-29-9-3-11-30(13-12-29)24(33)17-14-20-21-19(4-2-10-31(20)15-17)22(28-27-21)26-23(32)16-5-7-18(25)8-6-16/h5-8,14-15H,2-4,9-13H2,1H3,(H2,26,27,28,32). The van der Waals surface area contributed by atoms with Gasteiger partial charge < -0.3 is 19.7 Å². The Morgan fingerprint density at radius 1 is 1.03 bits per heavy atom. The van der Waals surface area contributed by atoms with Gasteiger partial charge in [0, 0.05) is 43.5 Å². The SMILES string of the molecule is CN1CCCN(C(=O)c2cc3n(c2)CCCc2c(NC(=O)c4ccc(F)cc4)n[nH]c2-3)CC1. The number of hydrogen-bond donors (Lipinski definition) is 2. The molecule has 33 heavy (non-hydrogen) atoms. The molecule has 4 heterocycles. The highest BCUT2D eigenvalue weighted by Crippen LogP contribution is 2.33. The fourth-order valence-corrected chi connectivity index (χ4v) is 4.59.